The highest BCUT2D eigenvalue weighted by molar-refractivity contribution is 5.95. The van der Waals surface area contributed by atoms with Crippen LogP contribution in [0.15, 0.2) is 42.6 Å². The van der Waals surface area contributed by atoms with Crippen molar-refractivity contribution in [2.75, 3.05) is 7.05 Å². The topological polar surface area (TPSA) is 77.2 Å². The van der Waals surface area contributed by atoms with Gasteiger partial charge in [0.2, 0.25) is 5.88 Å². The fourth-order valence-electron chi connectivity index (χ4n) is 1.75. The quantitative estimate of drug-likeness (QED) is 0.874. The summed E-state index contributed by atoms with van der Waals surface area (Å²) < 4.78 is 5.61. The Bertz CT molecular complexity index is 596. The number of hydrogen-bond acceptors (Lipinski definition) is 4. The maximum absolute atomic E-state index is 11.3. The second kappa shape index (κ2) is 6.16. The van der Waals surface area contributed by atoms with E-state index < -0.39 is 5.91 Å². The Morgan fingerprint density at radius 3 is 2.65 bits per heavy atom. The first-order chi connectivity index (χ1) is 9.61. The molecule has 0 aliphatic carbocycles. The molecule has 1 amide bonds. The van der Waals surface area contributed by atoms with E-state index >= 15 is 0 Å². The molecule has 0 aliphatic rings. The van der Waals surface area contributed by atoms with Gasteiger partial charge in [-0.05, 0) is 31.7 Å². The molecule has 104 valence electrons. The van der Waals surface area contributed by atoms with Crippen molar-refractivity contribution in [3.63, 3.8) is 0 Å². The highest BCUT2D eigenvalue weighted by Crippen LogP contribution is 2.24. The fourth-order valence-corrected chi connectivity index (χ4v) is 1.75. The zero-order valence-corrected chi connectivity index (χ0v) is 11.5. The van der Waals surface area contributed by atoms with E-state index in [0.29, 0.717) is 17.2 Å². The smallest absolute Gasteiger partial charge is 0.252 e. The van der Waals surface area contributed by atoms with Crippen LogP contribution in [0.3, 0.4) is 0 Å². The van der Waals surface area contributed by atoms with Gasteiger partial charge in [-0.25, -0.2) is 4.98 Å². The molecule has 1 heterocycles. The molecule has 5 nitrogen and oxygen atoms in total. The first kappa shape index (κ1) is 14.0. The van der Waals surface area contributed by atoms with Crippen LogP contribution in [0, 0.1) is 0 Å². The van der Waals surface area contributed by atoms with Crippen LogP contribution >= 0.6 is 0 Å². The second-order valence-electron chi connectivity index (χ2n) is 4.40. The first-order valence-corrected chi connectivity index (χ1v) is 6.31. The van der Waals surface area contributed by atoms with Gasteiger partial charge in [-0.2, -0.15) is 0 Å². The molecule has 0 aliphatic heterocycles. The lowest BCUT2D eigenvalue weighted by molar-refractivity contribution is 0.0998. The molecule has 0 fully saturated rings. The molecule has 1 unspecified atom stereocenters. The van der Waals surface area contributed by atoms with Crippen LogP contribution in [0.2, 0.25) is 0 Å². The molecule has 1 aromatic carbocycles. The minimum absolute atomic E-state index is 0.217. The summed E-state index contributed by atoms with van der Waals surface area (Å²) in [5, 5.41) is 3.13. The van der Waals surface area contributed by atoms with Crippen molar-refractivity contribution in [1.29, 1.82) is 0 Å². The van der Waals surface area contributed by atoms with Crippen molar-refractivity contribution in [2.24, 2.45) is 5.73 Å². The lowest BCUT2D eigenvalue weighted by atomic mass is 10.1. The van der Waals surface area contributed by atoms with Crippen molar-refractivity contribution in [3.05, 3.63) is 53.7 Å². The Hall–Kier alpha value is -2.40. The van der Waals surface area contributed by atoms with Crippen LogP contribution in [0.4, 0.5) is 0 Å². The van der Waals surface area contributed by atoms with Gasteiger partial charge in [0.15, 0.2) is 0 Å². The van der Waals surface area contributed by atoms with Crippen LogP contribution in [-0.2, 0) is 0 Å². The molecule has 0 radical (unpaired) electrons. The number of rotatable bonds is 5. The number of nitrogens with two attached hydrogens (primary N) is 1. The van der Waals surface area contributed by atoms with Gasteiger partial charge in [0.25, 0.3) is 5.91 Å². The Balaban J connectivity index is 2.20. The van der Waals surface area contributed by atoms with Crippen molar-refractivity contribution in [3.8, 4) is 11.6 Å². The lowest BCUT2D eigenvalue weighted by Gasteiger charge is -2.11. The molecular formula is C15H17N3O2. The molecule has 0 saturated heterocycles. The van der Waals surface area contributed by atoms with E-state index in [0.717, 1.165) is 5.56 Å². The number of primary amides is 1. The second-order valence-corrected chi connectivity index (χ2v) is 4.40. The first-order valence-electron chi connectivity index (χ1n) is 6.31. The minimum Gasteiger partial charge on any atom is -0.438 e. The zero-order valence-electron chi connectivity index (χ0n) is 11.5. The number of benzene rings is 1. The zero-order chi connectivity index (χ0) is 14.5. The van der Waals surface area contributed by atoms with E-state index in [9.17, 15) is 4.79 Å². The Morgan fingerprint density at radius 1 is 1.30 bits per heavy atom. The number of hydrogen-bond donors (Lipinski definition) is 2. The average molecular weight is 271 g/mol. The summed E-state index contributed by atoms with van der Waals surface area (Å²) in [5.41, 5.74) is 6.70. The fraction of sp³-hybridized carbons (Fsp3) is 0.200. The molecule has 0 spiro atoms. The molecule has 5 heteroatoms. The van der Waals surface area contributed by atoms with Gasteiger partial charge >= 0.3 is 0 Å². The Kier molecular flexibility index (Phi) is 4.32. The van der Waals surface area contributed by atoms with E-state index in [4.69, 9.17) is 10.5 Å². The lowest BCUT2D eigenvalue weighted by Crippen LogP contribution is -2.13. The number of para-hydroxylation sites is 1. The van der Waals surface area contributed by atoms with E-state index in [1.165, 1.54) is 0 Å². The monoisotopic (exact) mass is 271 g/mol. The predicted octanol–water partition coefficient (Wildman–Crippen LogP) is 2.25. The SMILES string of the molecule is CNC(C)c1ccc(Oc2ccccc2C(N)=O)nc1. The Labute approximate surface area is 117 Å². The van der Waals surface area contributed by atoms with Crippen molar-refractivity contribution in [2.45, 2.75) is 13.0 Å². The highest BCUT2D eigenvalue weighted by atomic mass is 16.5. The number of carbonyl (C=O) groups is 1. The van der Waals surface area contributed by atoms with E-state index in [2.05, 4.69) is 10.3 Å². The molecule has 0 bridgehead atoms. The van der Waals surface area contributed by atoms with E-state index in [1.54, 1.807) is 36.5 Å². The van der Waals surface area contributed by atoms with Crippen LogP contribution < -0.4 is 15.8 Å². The van der Waals surface area contributed by atoms with E-state index in [1.807, 2.05) is 20.0 Å². The van der Waals surface area contributed by atoms with Gasteiger partial charge in [0.1, 0.15) is 5.75 Å². The number of pyridine rings is 1. The number of aromatic nitrogens is 1. The van der Waals surface area contributed by atoms with Crippen LogP contribution in [0.5, 0.6) is 11.6 Å². The van der Waals surface area contributed by atoms with Crippen LogP contribution in [0.1, 0.15) is 28.9 Å². The van der Waals surface area contributed by atoms with E-state index in [-0.39, 0.29) is 6.04 Å². The summed E-state index contributed by atoms with van der Waals surface area (Å²) in [7, 11) is 1.89. The number of nitrogens with one attached hydrogen (secondary N) is 1. The molecular weight excluding hydrogens is 254 g/mol. The van der Waals surface area contributed by atoms with Gasteiger partial charge in [-0.1, -0.05) is 18.2 Å². The number of ether oxygens (including phenoxy) is 1. The van der Waals surface area contributed by atoms with Gasteiger partial charge in [0.05, 0.1) is 5.56 Å². The predicted molar refractivity (Wildman–Crippen MR) is 76.7 cm³/mol. The van der Waals surface area contributed by atoms with Gasteiger partial charge < -0.3 is 15.8 Å². The minimum atomic E-state index is -0.527. The summed E-state index contributed by atoms with van der Waals surface area (Å²) >= 11 is 0. The molecule has 0 saturated carbocycles. The van der Waals surface area contributed by atoms with Crippen LogP contribution in [-0.4, -0.2) is 17.9 Å². The third-order valence-corrected chi connectivity index (χ3v) is 3.06. The molecule has 2 rings (SSSR count). The maximum Gasteiger partial charge on any atom is 0.252 e. The van der Waals surface area contributed by atoms with Crippen molar-refractivity contribution < 1.29 is 9.53 Å². The maximum atomic E-state index is 11.3. The van der Waals surface area contributed by atoms with Gasteiger partial charge in [-0.15, -0.1) is 0 Å². The number of amides is 1. The average Bonchev–Trinajstić information content (AvgIpc) is 2.47. The summed E-state index contributed by atoms with van der Waals surface area (Å²) in [5.74, 6) is 0.300. The summed E-state index contributed by atoms with van der Waals surface area (Å²) in [6.07, 6.45) is 1.74. The van der Waals surface area contributed by atoms with Crippen molar-refractivity contribution >= 4 is 5.91 Å². The van der Waals surface area contributed by atoms with Crippen LogP contribution in [0.25, 0.3) is 0 Å². The molecule has 3 N–H and O–H groups in total. The third-order valence-electron chi connectivity index (χ3n) is 3.06. The summed E-state index contributed by atoms with van der Waals surface area (Å²) in [6, 6.07) is 10.7. The molecule has 1 aromatic heterocycles. The Morgan fingerprint density at radius 2 is 2.05 bits per heavy atom. The number of nitrogens with zero attached hydrogens (tertiary/aromatic N) is 1. The third kappa shape index (κ3) is 3.13. The molecule has 20 heavy (non-hydrogen) atoms. The largest absolute Gasteiger partial charge is 0.438 e. The van der Waals surface area contributed by atoms with Gasteiger partial charge in [-0.3, -0.25) is 4.79 Å². The summed E-state index contributed by atoms with van der Waals surface area (Å²) in [6.45, 7) is 2.04. The van der Waals surface area contributed by atoms with Crippen molar-refractivity contribution in [1.82, 2.24) is 10.3 Å². The molecule has 2 aromatic rings. The highest BCUT2D eigenvalue weighted by Gasteiger charge is 2.10. The van der Waals surface area contributed by atoms with Gasteiger partial charge in [0, 0.05) is 18.3 Å². The standard InChI is InChI=1S/C15H17N3O2/c1-10(17-2)11-7-8-14(18-9-11)20-13-6-4-3-5-12(13)15(16)19/h3-10,17H,1-2H3,(H2,16,19). The summed E-state index contributed by atoms with van der Waals surface area (Å²) in [4.78, 5) is 15.5. The normalized spacial score (nSPS) is 11.9. The molecule has 1 atom stereocenters. The number of carbonyl (C=O) groups excluding carboxylic acids is 1.